The van der Waals surface area contributed by atoms with E-state index in [-0.39, 0.29) is 12.5 Å². The number of carboxylic acid groups (broad SMARTS) is 1. The van der Waals surface area contributed by atoms with Gasteiger partial charge in [-0.15, -0.1) is 0 Å². The fourth-order valence-corrected chi connectivity index (χ4v) is 1.37. The van der Waals surface area contributed by atoms with Gasteiger partial charge in [-0.3, -0.25) is 4.79 Å². The number of rotatable bonds is 6. The van der Waals surface area contributed by atoms with Crippen molar-refractivity contribution in [2.45, 2.75) is 26.4 Å². The number of carbonyl (C=O) groups excluding carboxylic acids is 1. The lowest BCUT2D eigenvalue weighted by Gasteiger charge is -2.13. The van der Waals surface area contributed by atoms with Gasteiger partial charge < -0.3 is 20.2 Å². The van der Waals surface area contributed by atoms with Crippen molar-refractivity contribution in [3.05, 3.63) is 23.7 Å². The van der Waals surface area contributed by atoms with E-state index in [1.807, 2.05) is 19.1 Å². The quantitative estimate of drug-likeness (QED) is 0.663. The minimum Gasteiger partial charge on any atom is -0.480 e. The van der Waals surface area contributed by atoms with E-state index in [4.69, 9.17) is 9.52 Å². The smallest absolute Gasteiger partial charge is 0.327 e. The lowest BCUT2D eigenvalue weighted by molar-refractivity contribution is -0.141. The van der Waals surface area contributed by atoms with Crippen LogP contribution in [0.3, 0.4) is 0 Å². The summed E-state index contributed by atoms with van der Waals surface area (Å²) in [6.07, 6.45) is 0. The standard InChI is InChI=1S/C11H16N2O4/c1-7-3-4-9(17-7)5-12-6-10(11(15)16)13-8(2)14/h3-4,10,12H,5-6H2,1-2H3,(H,13,14)(H,15,16). The van der Waals surface area contributed by atoms with E-state index in [0.29, 0.717) is 6.54 Å². The van der Waals surface area contributed by atoms with Crippen LogP contribution in [0.5, 0.6) is 0 Å². The summed E-state index contributed by atoms with van der Waals surface area (Å²) in [6.45, 7) is 3.69. The molecular formula is C11H16N2O4. The van der Waals surface area contributed by atoms with E-state index >= 15 is 0 Å². The zero-order valence-electron chi connectivity index (χ0n) is 9.82. The Morgan fingerprint density at radius 2 is 2.18 bits per heavy atom. The molecule has 1 aromatic rings. The Kier molecular flexibility index (Phi) is 4.71. The van der Waals surface area contributed by atoms with Crippen LogP contribution in [0, 0.1) is 6.92 Å². The molecule has 6 heteroatoms. The summed E-state index contributed by atoms with van der Waals surface area (Å²) in [6, 6.07) is 2.72. The third-order valence-electron chi connectivity index (χ3n) is 2.12. The number of carbonyl (C=O) groups is 2. The molecule has 0 aliphatic carbocycles. The van der Waals surface area contributed by atoms with Gasteiger partial charge >= 0.3 is 5.97 Å². The molecule has 0 radical (unpaired) electrons. The number of carboxylic acids is 1. The van der Waals surface area contributed by atoms with Crippen LogP contribution in [0.1, 0.15) is 18.4 Å². The first-order chi connectivity index (χ1) is 7.99. The molecule has 0 fully saturated rings. The highest BCUT2D eigenvalue weighted by molar-refractivity contribution is 5.82. The monoisotopic (exact) mass is 240 g/mol. The molecule has 0 saturated carbocycles. The lowest BCUT2D eigenvalue weighted by atomic mass is 10.3. The van der Waals surface area contributed by atoms with E-state index < -0.39 is 12.0 Å². The normalized spacial score (nSPS) is 12.1. The molecule has 0 saturated heterocycles. The maximum absolute atomic E-state index is 10.8. The van der Waals surface area contributed by atoms with Crippen molar-refractivity contribution in [2.75, 3.05) is 6.54 Å². The predicted octanol–water partition coefficient (Wildman–Crippen LogP) is 0.267. The highest BCUT2D eigenvalue weighted by Gasteiger charge is 2.17. The molecule has 1 unspecified atom stereocenters. The average Bonchev–Trinajstić information content (AvgIpc) is 2.62. The van der Waals surface area contributed by atoms with Crippen molar-refractivity contribution in [3.8, 4) is 0 Å². The second-order valence-electron chi connectivity index (χ2n) is 3.73. The number of furan rings is 1. The maximum Gasteiger partial charge on any atom is 0.327 e. The topological polar surface area (TPSA) is 91.6 Å². The Hall–Kier alpha value is -1.82. The summed E-state index contributed by atoms with van der Waals surface area (Å²) >= 11 is 0. The third-order valence-corrected chi connectivity index (χ3v) is 2.12. The van der Waals surface area contributed by atoms with E-state index in [9.17, 15) is 9.59 Å². The highest BCUT2D eigenvalue weighted by Crippen LogP contribution is 2.05. The molecule has 1 heterocycles. The predicted molar refractivity (Wildman–Crippen MR) is 60.4 cm³/mol. The third kappa shape index (κ3) is 4.69. The molecule has 1 rings (SSSR count). The summed E-state index contributed by atoms with van der Waals surface area (Å²) in [5.74, 6) is 0.101. The molecule has 1 atom stereocenters. The summed E-state index contributed by atoms with van der Waals surface area (Å²) in [7, 11) is 0. The minimum atomic E-state index is -1.07. The van der Waals surface area contributed by atoms with Crippen molar-refractivity contribution < 1.29 is 19.1 Å². The van der Waals surface area contributed by atoms with Gasteiger partial charge in [-0.1, -0.05) is 0 Å². The van der Waals surface area contributed by atoms with Crippen LogP contribution in [-0.4, -0.2) is 29.6 Å². The molecule has 1 amide bonds. The second-order valence-corrected chi connectivity index (χ2v) is 3.73. The van der Waals surface area contributed by atoms with Gasteiger partial charge in [-0.05, 0) is 19.1 Å². The molecule has 6 nitrogen and oxygen atoms in total. The van der Waals surface area contributed by atoms with Gasteiger partial charge in [-0.25, -0.2) is 4.79 Å². The molecule has 1 aromatic heterocycles. The number of hydrogen-bond donors (Lipinski definition) is 3. The Morgan fingerprint density at radius 1 is 1.47 bits per heavy atom. The molecule has 17 heavy (non-hydrogen) atoms. The van der Waals surface area contributed by atoms with Crippen LogP contribution in [0.4, 0.5) is 0 Å². The Labute approximate surface area is 99.0 Å². The maximum atomic E-state index is 10.8. The van der Waals surface area contributed by atoms with E-state index in [1.165, 1.54) is 6.92 Å². The average molecular weight is 240 g/mol. The Morgan fingerprint density at radius 3 is 2.65 bits per heavy atom. The first-order valence-corrected chi connectivity index (χ1v) is 5.25. The first kappa shape index (κ1) is 13.2. The summed E-state index contributed by atoms with van der Waals surface area (Å²) < 4.78 is 5.31. The number of aliphatic carboxylic acids is 1. The zero-order chi connectivity index (χ0) is 12.8. The van der Waals surface area contributed by atoms with E-state index in [0.717, 1.165) is 11.5 Å². The second kappa shape index (κ2) is 6.05. The molecular weight excluding hydrogens is 224 g/mol. The molecule has 0 aliphatic rings. The van der Waals surface area contributed by atoms with E-state index in [1.54, 1.807) is 0 Å². The molecule has 0 aliphatic heterocycles. The van der Waals surface area contributed by atoms with Crippen molar-refractivity contribution in [1.82, 2.24) is 10.6 Å². The molecule has 0 spiro atoms. The van der Waals surface area contributed by atoms with Crippen LogP contribution in [0.15, 0.2) is 16.5 Å². The minimum absolute atomic E-state index is 0.147. The number of amides is 1. The summed E-state index contributed by atoms with van der Waals surface area (Å²) in [4.78, 5) is 21.6. The molecule has 3 N–H and O–H groups in total. The molecule has 0 aromatic carbocycles. The van der Waals surface area contributed by atoms with Crippen molar-refractivity contribution in [2.24, 2.45) is 0 Å². The fraction of sp³-hybridized carbons (Fsp3) is 0.455. The zero-order valence-corrected chi connectivity index (χ0v) is 9.82. The number of aryl methyl sites for hydroxylation is 1. The van der Waals surface area contributed by atoms with Gasteiger partial charge in [0.05, 0.1) is 6.54 Å². The number of hydrogen-bond acceptors (Lipinski definition) is 4. The first-order valence-electron chi connectivity index (χ1n) is 5.25. The summed E-state index contributed by atoms with van der Waals surface area (Å²) in [5, 5.41) is 14.1. The Bertz CT molecular complexity index is 400. The van der Waals surface area contributed by atoms with Crippen molar-refractivity contribution >= 4 is 11.9 Å². The van der Waals surface area contributed by atoms with Gasteiger partial charge in [0.25, 0.3) is 0 Å². The van der Waals surface area contributed by atoms with E-state index in [2.05, 4.69) is 10.6 Å². The van der Waals surface area contributed by atoms with Gasteiger partial charge in [0.15, 0.2) is 0 Å². The van der Waals surface area contributed by atoms with Crippen LogP contribution in [-0.2, 0) is 16.1 Å². The molecule has 0 bridgehead atoms. The van der Waals surface area contributed by atoms with Gasteiger partial charge in [0.1, 0.15) is 17.6 Å². The SMILES string of the molecule is CC(=O)NC(CNCc1ccc(C)o1)C(=O)O. The Balaban J connectivity index is 2.37. The molecule has 94 valence electrons. The van der Waals surface area contributed by atoms with Gasteiger partial charge in [-0.2, -0.15) is 0 Å². The summed E-state index contributed by atoms with van der Waals surface area (Å²) in [5.41, 5.74) is 0. The van der Waals surface area contributed by atoms with Crippen molar-refractivity contribution in [3.63, 3.8) is 0 Å². The van der Waals surface area contributed by atoms with Gasteiger partial charge in [0.2, 0.25) is 5.91 Å². The van der Waals surface area contributed by atoms with Crippen LogP contribution >= 0.6 is 0 Å². The largest absolute Gasteiger partial charge is 0.480 e. The van der Waals surface area contributed by atoms with Crippen LogP contribution in [0.2, 0.25) is 0 Å². The van der Waals surface area contributed by atoms with Crippen LogP contribution in [0.25, 0.3) is 0 Å². The van der Waals surface area contributed by atoms with Crippen molar-refractivity contribution in [1.29, 1.82) is 0 Å². The lowest BCUT2D eigenvalue weighted by Crippen LogP contribution is -2.46. The fourth-order valence-electron chi connectivity index (χ4n) is 1.37. The number of nitrogens with one attached hydrogen (secondary N) is 2. The van der Waals surface area contributed by atoms with Crippen LogP contribution < -0.4 is 10.6 Å². The highest BCUT2D eigenvalue weighted by atomic mass is 16.4. The van der Waals surface area contributed by atoms with Gasteiger partial charge in [0, 0.05) is 13.5 Å².